The molecule has 4 nitrogen and oxygen atoms in total. The summed E-state index contributed by atoms with van der Waals surface area (Å²) in [6.45, 7) is 2.96. The van der Waals surface area contributed by atoms with E-state index in [1.165, 1.54) is 4.31 Å². The lowest BCUT2D eigenvalue weighted by Crippen LogP contribution is -2.42. The highest BCUT2D eigenvalue weighted by molar-refractivity contribution is 9.10. The van der Waals surface area contributed by atoms with Crippen molar-refractivity contribution >= 4 is 50.0 Å². The Labute approximate surface area is 145 Å². The summed E-state index contributed by atoms with van der Waals surface area (Å²) in [7, 11) is -3.56. The highest BCUT2D eigenvalue weighted by Crippen LogP contribution is 2.33. The number of benzene rings is 1. The summed E-state index contributed by atoms with van der Waals surface area (Å²) in [5, 5.41) is 0.244. The molecule has 0 bridgehead atoms. The largest absolute Gasteiger partial charge is 0.328 e. The zero-order valence-electron chi connectivity index (χ0n) is 11.6. The third kappa shape index (κ3) is 4.12. The molecule has 1 unspecified atom stereocenters. The zero-order valence-corrected chi connectivity index (χ0v) is 15.6. The molecule has 1 saturated heterocycles. The molecule has 2 rings (SSSR count). The second-order valence-electron chi connectivity index (χ2n) is 5.15. The number of hydrogen-bond acceptors (Lipinski definition) is 3. The van der Waals surface area contributed by atoms with E-state index in [1.54, 1.807) is 18.2 Å². The Kier molecular flexibility index (Phi) is 6.96. The number of nitrogens with zero attached hydrogens (tertiary/aromatic N) is 1. The maximum absolute atomic E-state index is 12.7. The van der Waals surface area contributed by atoms with Crippen molar-refractivity contribution in [1.29, 1.82) is 0 Å². The highest BCUT2D eigenvalue weighted by atomic mass is 79.9. The minimum atomic E-state index is -3.56. The van der Waals surface area contributed by atoms with Crippen molar-refractivity contribution in [2.24, 2.45) is 11.7 Å². The van der Waals surface area contributed by atoms with Gasteiger partial charge >= 0.3 is 0 Å². The average molecular weight is 418 g/mol. The van der Waals surface area contributed by atoms with E-state index in [0.29, 0.717) is 23.5 Å². The molecule has 1 aliphatic rings. The van der Waals surface area contributed by atoms with Crippen LogP contribution in [0.25, 0.3) is 0 Å². The Hall–Kier alpha value is 0.150. The van der Waals surface area contributed by atoms with Gasteiger partial charge in [0.15, 0.2) is 0 Å². The quantitative estimate of drug-likeness (QED) is 0.820. The third-order valence-corrected chi connectivity index (χ3v) is 7.11. The fraction of sp³-hybridized carbons (Fsp3) is 0.538. The molecule has 1 atom stereocenters. The molecule has 1 aromatic rings. The van der Waals surface area contributed by atoms with Crippen LogP contribution in [0.3, 0.4) is 0 Å². The van der Waals surface area contributed by atoms with E-state index in [-0.39, 0.29) is 28.4 Å². The summed E-state index contributed by atoms with van der Waals surface area (Å²) in [6, 6.07) is 5.10. The van der Waals surface area contributed by atoms with Crippen LogP contribution >= 0.6 is 39.9 Å². The molecule has 8 heteroatoms. The first-order chi connectivity index (χ1) is 9.34. The summed E-state index contributed by atoms with van der Waals surface area (Å²) < 4.78 is 27.4. The molecule has 21 heavy (non-hydrogen) atoms. The van der Waals surface area contributed by atoms with Crippen molar-refractivity contribution in [1.82, 2.24) is 4.31 Å². The topological polar surface area (TPSA) is 63.4 Å². The first kappa shape index (κ1) is 19.2. The van der Waals surface area contributed by atoms with Gasteiger partial charge in [0, 0.05) is 23.6 Å². The Morgan fingerprint density at radius 2 is 1.95 bits per heavy atom. The Balaban J connectivity index is 0.00000220. The normalized spacial score (nSPS) is 19.0. The molecular formula is C13H19BrCl2N2O2S. The lowest BCUT2D eigenvalue weighted by Gasteiger charge is -2.33. The Morgan fingerprint density at radius 3 is 2.43 bits per heavy atom. The van der Waals surface area contributed by atoms with E-state index in [4.69, 9.17) is 17.3 Å². The van der Waals surface area contributed by atoms with E-state index in [0.717, 1.165) is 12.8 Å². The van der Waals surface area contributed by atoms with Crippen LogP contribution in [-0.4, -0.2) is 31.9 Å². The van der Waals surface area contributed by atoms with Crippen molar-refractivity contribution in [2.45, 2.75) is 30.7 Å². The van der Waals surface area contributed by atoms with Crippen molar-refractivity contribution in [2.75, 3.05) is 13.1 Å². The van der Waals surface area contributed by atoms with Gasteiger partial charge in [0.1, 0.15) is 4.90 Å². The van der Waals surface area contributed by atoms with Crippen molar-refractivity contribution in [3.8, 4) is 0 Å². The fourth-order valence-electron chi connectivity index (χ4n) is 2.50. The zero-order chi connectivity index (χ0) is 14.9. The average Bonchev–Trinajstić information content (AvgIpc) is 2.38. The van der Waals surface area contributed by atoms with Gasteiger partial charge in [-0.3, -0.25) is 0 Å². The first-order valence-electron chi connectivity index (χ1n) is 6.53. The van der Waals surface area contributed by atoms with Gasteiger partial charge in [-0.05, 0) is 53.7 Å². The summed E-state index contributed by atoms with van der Waals surface area (Å²) in [6.07, 6.45) is 1.58. The van der Waals surface area contributed by atoms with Crippen molar-refractivity contribution in [3.63, 3.8) is 0 Å². The van der Waals surface area contributed by atoms with Gasteiger partial charge in [-0.25, -0.2) is 8.42 Å². The minimum absolute atomic E-state index is 0. The molecule has 1 aliphatic heterocycles. The Bertz CT molecular complexity index is 568. The van der Waals surface area contributed by atoms with Gasteiger partial charge in [-0.2, -0.15) is 4.31 Å². The fourth-order valence-corrected chi connectivity index (χ4v) is 5.64. The predicted molar refractivity (Wildman–Crippen MR) is 91.5 cm³/mol. The monoisotopic (exact) mass is 416 g/mol. The van der Waals surface area contributed by atoms with Gasteiger partial charge in [-0.1, -0.05) is 17.7 Å². The van der Waals surface area contributed by atoms with Crippen LogP contribution in [-0.2, 0) is 10.0 Å². The van der Waals surface area contributed by atoms with Crippen molar-refractivity contribution < 1.29 is 8.42 Å². The summed E-state index contributed by atoms with van der Waals surface area (Å²) in [5.41, 5.74) is 5.88. The first-order valence-corrected chi connectivity index (χ1v) is 9.15. The summed E-state index contributed by atoms with van der Waals surface area (Å²) in [5.74, 6) is 0.385. The molecule has 0 spiro atoms. The van der Waals surface area contributed by atoms with Crippen LogP contribution in [0.15, 0.2) is 27.6 Å². The van der Waals surface area contributed by atoms with E-state index in [2.05, 4.69) is 15.9 Å². The van der Waals surface area contributed by atoms with Crippen LogP contribution in [0.5, 0.6) is 0 Å². The number of hydrogen-bond donors (Lipinski definition) is 1. The van der Waals surface area contributed by atoms with Crippen LogP contribution in [0, 0.1) is 5.92 Å². The standard InChI is InChI=1S/C13H18BrClN2O2S.ClH/c1-9(16)10-5-7-17(8-6-10)20(18,19)13-11(14)3-2-4-12(13)15;/h2-4,9-10H,5-8,16H2,1H3;1H. The SMILES string of the molecule is CC(N)C1CCN(S(=O)(=O)c2c(Cl)cccc2Br)CC1.Cl. The van der Waals surface area contributed by atoms with Gasteiger partial charge in [-0.15, -0.1) is 12.4 Å². The molecule has 1 heterocycles. The molecule has 0 saturated carbocycles. The third-order valence-electron chi connectivity index (χ3n) is 3.76. The molecular weight excluding hydrogens is 399 g/mol. The van der Waals surface area contributed by atoms with Crippen LogP contribution < -0.4 is 5.73 Å². The lowest BCUT2D eigenvalue weighted by molar-refractivity contribution is 0.250. The van der Waals surface area contributed by atoms with Gasteiger partial charge in [0.25, 0.3) is 0 Å². The summed E-state index contributed by atoms with van der Waals surface area (Å²) in [4.78, 5) is 0.154. The highest BCUT2D eigenvalue weighted by Gasteiger charge is 2.32. The number of piperidine rings is 1. The minimum Gasteiger partial charge on any atom is -0.328 e. The van der Waals surface area contributed by atoms with E-state index >= 15 is 0 Å². The van der Waals surface area contributed by atoms with Gasteiger partial charge < -0.3 is 5.73 Å². The summed E-state index contributed by atoms with van der Waals surface area (Å²) >= 11 is 9.33. The molecule has 2 N–H and O–H groups in total. The molecule has 0 aromatic heterocycles. The second-order valence-corrected chi connectivity index (χ2v) is 8.29. The number of nitrogens with two attached hydrogens (primary N) is 1. The number of halogens is 3. The maximum atomic E-state index is 12.7. The number of rotatable bonds is 3. The molecule has 0 aliphatic carbocycles. The van der Waals surface area contributed by atoms with Crippen LogP contribution in [0.4, 0.5) is 0 Å². The molecule has 1 aromatic carbocycles. The molecule has 0 amide bonds. The maximum Gasteiger partial charge on any atom is 0.245 e. The second kappa shape index (κ2) is 7.62. The van der Waals surface area contributed by atoms with Gasteiger partial charge in [0.05, 0.1) is 5.02 Å². The lowest BCUT2D eigenvalue weighted by atomic mass is 9.92. The Morgan fingerprint density at radius 1 is 1.38 bits per heavy atom. The molecule has 0 radical (unpaired) electrons. The molecule has 120 valence electrons. The molecule has 1 fully saturated rings. The van der Waals surface area contributed by atoms with Crippen LogP contribution in [0.1, 0.15) is 19.8 Å². The van der Waals surface area contributed by atoms with Gasteiger partial charge in [0.2, 0.25) is 10.0 Å². The van der Waals surface area contributed by atoms with E-state index < -0.39 is 10.0 Å². The van der Waals surface area contributed by atoms with Crippen LogP contribution in [0.2, 0.25) is 5.02 Å². The van der Waals surface area contributed by atoms with E-state index in [1.807, 2.05) is 6.92 Å². The number of sulfonamides is 1. The van der Waals surface area contributed by atoms with Crippen molar-refractivity contribution in [3.05, 3.63) is 27.7 Å². The smallest absolute Gasteiger partial charge is 0.245 e. The predicted octanol–water partition coefficient (Wildman–Crippen LogP) is 3.27. The van der Waals surface area contributed by atoms with E-state index in [9.17, 15) is 8.42 Å².